The third-order valence-electron chi connectivity index (χ3n) is 4.83. The monoisotopic (exact) mass is 307 g/mol. The van der Waals surface area contributed by atoms with Gasteiger partial charge in [0.15, 0.2) is 0 Å². The van der Waals surface area contributed by atoms with Gasteiger partial charge in [-0.15, -0.1) is 0 Å². The predicted molar refractivity (Wildman–Crippen MR) is 103 cm³/mol. The van der Waals surface area contributed by atoms with Gasteiger partial charge in [0.25, 0.3) is 0 Å². The summed E-state index contributed by atoms with van der Waals surface area (Å²) in [5.41, 5.74) is 6.45. The molecule has 114 valence electrons. The number of allylic oxidation sites excluding steroid dienone is 4. The summed E-state index contributed by atoms with van der Waals surface area (Å²) in [4.78, 5) is 0. The Morgan fingerprint density at radius 2 is 1.50 bits per heavy atom. The normalized spacial score (nSPS) is 13.8. The summed E-state index contributed by atoms with van der Waals surface area (Å²) < 4.78 is 2.36. The molecule has 1 aliphatic carbocycles. The van der Waals surface area contributed by atoms with Crippen molar-refractivity contribution in [3.8, 4) is 5.69 Å². The van der Waals surface area contributed by atoms with Crippen LogP contribution in [0.1, 0.15) is 12.0 Å². The van der Waals surface area contributed by atoms with Crippen LogP contribution in [-0.2, 0) is 0 Å². The van der Waals surface area contributed by atoms with Crippen LogP contribution in [-0.4, -0.2) is 4.57 Å². The Balaban J connectivity index is 1.85. The van der Waals surface area contributed by atoms with Crippen LogP contribution in [0.4, 0.5) is 0 Å². The Hall–Kier alpha value is -3.06. The molecule has 3 aromatic carbocycles. The molecule has 0 atom stereocenters. The van der Waals surface area contributed by atoms with Gasteiger partial charge in [0.1, 0.15) is 0 Å². The Morgan fingerprint density at radius 3 is 2.33 bits per heavy atom. The standard InChI is InChI=1S/C23H17N/c1-2-10-19(11-3-1)24-22-13-7-6-12-20(22)21-16-18(14-15-23(21)24)17-8-4-5-9-17/h1-8,10-16H,9H2. The third kappa shape index (κ3) is 1.95. The minimum atomic E-state index is 1.03. The van der Waals surface area contributed by atoms with Crippen LogP contribution in [0.3, 0.4) is 0 Å². The molecule has 0 amide bonds. The molecule has 0 radical (unpaired) electrons. The van der Waals surface area contributed by atoms with Crippen molar-refractivity contribution in [2.24, 2.45) is 0 Å². The predicted octanol–water partition coefficient (Wildman–Crippen LogP) is 6.13. The summed E-state index contributed by atoms with van der Waals surface area (Å²) in [6.07, 6.45) is 7.61. The summed E-state index contributed by atoms with van der Waals surface area (Å²) in [6.45, 7) is 0. The minimum absolute atomic E-state index is 1.03. The molecule has 0 spiro atoms. The number of nitrogens with zero attached hydrogens (tertiary/aromatic N) is 1. The van der Waals surface area contributed by atoms with Crippen molar-refractivity contribution in [3.05, 3.63) is 96.6 Å². The fraction of sp³-hybridized carbons (Fsp3) is 0.0435. The van der Waals surface area contributed by atoms with Crippen LogP contribution >= 0.6 is 0 Å². The van der Waals surface area contributed by atoms with Crippen LogP contribution in [0.25, 0.3) is 33.1 Å². The topological polar surface area (TPSA) is 4.93 Å². The van der Waals surface area contributed by atoms with Crippen LogP contribution in [0.5, 0.6) is 0 Å². The van der Waals surface area contributed by atoms with Gasteiger partial charge in [-0.1, -0.05) is 60.7 Å². The van der Waals surface area contributed by atoms with E-state index in [1.807, 2.05) is 0 Å². The summed E-state index contributed by atoms with van der Waals surface area (Å²) >= 11 is 0. The SMILES string of the molecule is C1=CCC(c2ccc3c(c2)c2ccccc2n3-c2ccccc2)=C1. The van der Waals surface area contributed by atoms with Gasteiger partial charge in [0.05, 0.1) is 11.0 Å². The highest BCUT2D eigenvalue weighted by molar-refractivity contribution is 6.10. The molecule has 5 rings (SSSR count). The van der Waals surface area contributed by atoms with E-state index >= 15 is 0 Å². The average Bonchev–Trinajstić information content (AvgIpc) is 3.28. The molecule has 0 unspecified atom stereocenters. The number of para-hydroxylation sites is 2. The maximum absolute atomic E-state index is 2.36. The molecule has 1 heteroatoms. The number of hydrogen-bond donors (Lipinski definition) is 0. The Kier molecular flexibility index (Phi) is 2.92. The summed E-state index contributed by atoms with van der Waals surface area (Å²) in [5, 5.41) is 2.63. The molecule has 0 N–H and O–H groups in total. The second-order valence-electron chi connectivity index (χ2n) is 6.24. The summed E-state index contributed by atoms with van der Waals surface area (Å²) in [5.74, 6) is 0. The molecule has 0 saturated heterocycles. The first-order valence-corrected chi connectivity index (χ1v) is 8.36. The highest BCUT2D eigenvalue weighted by Gasteiger charge is 2.13. The van der Waals surface area contributed by atoms with Crippen molar-refractivity contribution >= 4 is 27.4 Å². The second-order valence-corrected chi connectivity index (χ2v) is 6.24. The number of hydrogen-bond acceptors (Lipinski definition) is 0. The van der Waals surface area contributed by atoms with E-state index in [9.17, 15) is 0 Å². The lowest BCUT2D eigenvalue weighted by atomic mass is 10.0. The lowest BCUT2D eigenvalue weighted by molar-refractivity contribution is 1.18. The van der Waals surface area contributed by atoms with E-state index in [1.54, 1.807) is 0 Å². The number of fused-ring (bicyclic) bond motifs is 3. The first-order chi connectivity index (χ1) is 11.9. The van der Waals surface area contributed by atoms with E-state index in [0.29, 0.717) is 0 Å². The van der Waals surface area contributed by atoms with Gasteiger partial charge in [-0.3, -0.25) is 0 Å². The molecule has 24 heavy (non-hydrogen) atoms. The summed E-state index contributed by atoms with van der Waals surface area (Å²) in [7, 11) is 0. The molecule has 4 aromatic rings. The van der Waals surface area contributed by atoms with Gasteiger partial charge in [-0.2, -0.15) is 0 Å². The zero-order valence-corrected chi connectivity index (χ0v) is 13.3. The Labute approximate surface area is 141 Å². The average molecular weight is 307 g/mol. The summed E-state index contributed by atoms with van der Waals surface area (Å²) in [6, 6.07) is 26.1. The maximum Gasteiger partial charge on any atom is 0.0541 e. The third-order valence-corrected chi connectivity index (χ3v) is 4.83. The van der Waals surface area contributed by atoms with Crippen molar-refractivity contribution in [3.63, 3.8) is 0 Å². The molecule has 0 aliphatic heterocycles. The molecule has 0 bridgehead atoms. The number of benzene rings is 3. The van der Waals surface area contributed by atoms with Gasteiger partial charge in [-0.05, 0) is 47.9 Å². The lowest BCUT2D eigenvalue weighted by Crippen LogP contribution is -1.93. The van der Waals surface area contributed by atoms with Crippen molar-refractivity contribution in [1.82, 2.24) is 4.57 Å². The molecule has 1 heterocycles. The van der Waals surface area contributed by atoms with Crippen LogP contribution in [0.15, 0.2) is 91.0 Å². The van der Waals surface area contributed by atoms with Crippen LogP contribution < -0.4 is 0 Å². The zero-order valence-electron chi connectivity index (χ0n) is 13.3. The maximum atomic E-state index is 2.36. The van der Waals surface area contributed by atoms with Crippen LogP contribution in [0, 0.1) is 0 Å². The van der Waals surface area contributed by atoms with Crippen LogP contribution in [0.2, 0.25) is 0 Å². The molecule has 1 aliphatic rings. The molecule has 1 nitrogen and oxygen atoms in total. The number of aromatic nitrogens is 1. The smallest absolute Gasteiger partial charge is 0.0541 e. The Morgan fingerprint density at radius 1 is 0.708 bits per heavy atom. The van der Waals surface area contributed by atoms with E-state index in [-0.39, 0.29) is 0 Å². The van der Waals surface area contributed by atoms with Gasteiger partial charge in [0.2, 0.25) is 0 Å². The molecule has 0 saturated carbocycles. The van der Waals surface area contributed by atoms with Gasteiger partial charge in [-0.25, -0.2) is 0 Å². The van der Waals surface area contributed by atoms with Gasteiger partial charge < -0.3 is 4.57 Å². The van der Waals surface area contributed by atoms with Gasteiger partial charge in [0, 0.05) is 16.5 Å². The highest BCUT2D eigenvalue weighted by Crippen LogP contribution is 2.34. The zero-order chi connectivity index (χ0) is 15.9. The number of rotatable bonds is 2. The van der Waals surface area contributed by atoms with Crippen molar-refractivity contribution in [2.75, 3.05) is 0 Å². The fourth-order valence-electron chi connectivity index (χ4n) is 3.69. The minimum Gasteiger partial charge on any atom is -0.309 e. The van der Waals surface area contributed by atoms with Crippen molar-refractivity contribution in [1.29, 1.82) is 0 Å². The van der Waals surface area contributed by atoms with E-state index in [1.165, 1.54) is 38.6 Å². The second kappa shape index (κ2) is 5.24. The van der Waals surface area contributed by atoms with Crippen molar-refractivity contribution < 1.29 is 0 Å². The highest BCUT2D eigenvalue weighted by atomic mass is 15.0. The quantitative estimate of drug-likeness (QED) is 0.420. The first kappa shape index (κ1) is 13.4. The Bertz CT molecular complexity index is 1110. The van der Waals surface area contributed by atoms with E-state index in [0.717, 1.165) is 6.42 Å². The van der Waals surface area contributed by atoms with E-state index < -0.39 is 0 Å². The molecule has 0 fully saturated rings. The molecular weight excluding hydrogens is 290 g/mol. The van der Waals surface area contributed by atoms with E-state index in [4.69, 9.17) is 0 Å². The first-order valence-electron chi connectivity index (χ1n) is 8.36. The van der Waals surface area contributed by atoms with Gasteiger partial charge >= 0.3 is 0 Å². The lowest BCUT2D eigenvalue weighted by Gasteiger charge is -2.08. The largest absolute Gasteiger partial charge is 0.309 e. The molecular formula is C23H17N. The van der Waals surface area contributed by atoms with E-state index in [2.05, 4.69) is 95.6 Å². The van der Waals surface area contributed by atoms with Crippen molar-refractivity contribution in [2.45, 2.75) is 6.42 Å². The fourth-order valence-corrected chi connectivity index (χ4v) is 3.69. The molecule has 1 aromatic heterocycles.